The lowest BCUT2D eigenvalue weighted by atomic mass is 9.97. The second-order valence-electron chi connectivity index (χ2n) is 7.63. The minimum atomic E-state index is 0.158. The van der Waals surface area contributed by atoms with Crippen molar-refractivity contribution in [2.75, 3.05) is 33.3 Å². The van der Waals surface area contributed by atoms with Crippen LogP contribution in [0.25, 0.3) is 0 Å². The van der Waals surface area contributed by atoms with Crippen molar-refractivity contribution in [2.24, 2.45) is 0 Å². The number of benzene rings is 2. The first-order valence-electron chi connectivity index (χ1n) is 10.3. The van der Waals surface area contributed by atoms with Gasteiger partial charge in [-0.2, -0.15) is 0 Å². The zero-order valence-corrected chi connectivity index (χ0v) is 17.3. The molecule has 2 aromatic rings. The molecule has 1 heterocycles. The van der Waals surface area contributed by atoms with Crippen molar-refractivity contribution in [2.45, 2.75) is 32.1 Å². The highest BCUT2D eigenvalue weighted by molar-refractivity contribution is 5.79. The highest BCUT2D eigenvalue weighted by Gasteiger charge is 2.25. The molecule has 1 saturated heterocycles. The molecule has 1 atom stereocenters. The molecule has 2 aromatic carbocycles. The molecule has 5 nitrogen and oxygen atoms in total. The first kappa shape index (κ1) is 20.9. The monoisotopic (exact) mass is 394 g/mol. The van der Waals surface area contributed by atoms with Crippen LogP contribution in [0.15, 0.2) is 54.6 Å². The number of nitrogens with zero attached hydrogens (tertiary/aromatic N) is 2. The molecule has 0 spiro atoms. The van der Waals surface area contributed by atoms with E-state index in [1.807, 2.05) is 52.3 Å². The second-order valence-corrected chi connectivity index (χ2v) is 7.63. The highest BCUT2D eigenvalue weighted by atomic mass is 16.5. The van der Waals surface area contributed by atoms with Gasteiger partial charge in [0.1, 0.15) is 5.75 Å². The predicted molar refractivity (Wildman–Crippen MR) is 114 cm³/mol. The third-order valence-electron chi connectivity index (χ3n) is 5.62. The van der Waals surface area contributed by atoms with E-state index in [1.54, 1.807) is 7.11 Å². The van der Waals surface area contributed by atoms with Gasteiger partial charge in [-0.15, -0.1) is 0 Å². The Hall–Kier alpha value is -2.82. The lowest BCUT2D eigenvalue weighted by Gasteiger charge is -2.35. The van der Waals surface area contributed by atoms with Crippen LogP contribution in [0.3, 0.4) is 0 Å². The van der Waals surface area contributed by atoms with E-state index in [0.29, 0.717) is 39.0 Å². The second kappa shape index (κ2) is 10.1. The van der Waals surface area contributed by atoms with E-state index in [2.05, 4.69) is 19.1 Å². The maximum absolute atomic E-state index is 12.6. The van der Waals surface area contributed by atoms with Gasteiger partial charge in [0.2, 0.25) is 11.8 Å². The Bertz CT molecular complexity index is 797. The molecule has 29 heavy (non-hydrogen) atoms. The molecule has 154 valence electrons. The number of carbonyl (C=O) groups excluding carboxylic acids is 2. The van der Waals surface area contributed by atoms with Gasteiger partial charge in [0.05, 0.1) is 7.11 Å². The van der Waals surface area contributed by atoms with Gasteiger partial charge in [-0.3, -0.25) is 9.59 Å². The zero-order chi connectivity index (χ0) is 20.6. The molecule has 2 amide bonds. The summed E-state index contributed by atoms with van der Waals surface area (Å²) >= 11 is 0. The molecule has 1 unspecified atom stereocenters. The van der Waals surface area contributed by atoms with Gasteiger partial charge in [0, 0.05) is 39.0 Å². The summed E-state index contributed by atoms with van der Waals surface area (Å²) in [5.74, 6) is 1.35. The number of piperazine rings is 1. The van der Waals surface area contributed by atoms with Gasteiger partial charge in [0.15, 0.2) is 0 Å². The predicted octanol–water partition coefficient (Wildman–Crippen LogP) is 3.49. The number of aryl methyl sites for hydroxylation is 1. The summed E-state index contributed by atoms with van der Waals surface area (Å²) in [5, 5.41) is 0. The lowest BCUT2D eigenvalue weighted by molar-refractivity contribution is -0.139. The van der Waals surface area contributed by atoms with Crippen LogP contribution in [0.1, 0.15) is 36.8 Å². The Kier molecular flexibility index (Phi) is 7.28. The Balaban J connectivity index is 1.42. The molecule has 0 bridgehead atoms. The summed E-state index contributed by atoms with van der Waals surface area (Å²) in [6, 6.07) is 18.0. The molecule has 0 N–H and O–H groups in total. The minimum absolute atomic E-state index is 0.158. The van der Waals surface area contributed by atoms with Crippen molar-refractivity contribution >= 4 is 11.8 Å². The minimum Gasteiger partial charge on any atom is -0.497 e. The van der Waals surface area contributed by atoms with Gasteiger partial charge in [0.25, 0.3) is 0 Å². The molecule has 1 aliphatic heterocycles. The quantitative estimate of drug-likeness (QED) is 0.722. The van der Waals surface area contributed by atoms with E-state index < -0.39 is 0 Å². The van der Waals surface area contributed by atoms with Crippen LogP contribution in [0, 0.1) is 0 Å². The van der Waals surface area contributed by atoms with Gasteiger partial charge < -0.3 is 14.5 Å². The molecule has 0 saturated carbocycles. The van der Waals surface area contributed by atoms with Crippen LogP contribution in [0.2, 0.25) is 0 Å². The van der Waals surface area contributed by atoms with Crippen LogP contribution < -0.4 is 4.74 Å². The van der Waals surface area contributed by atoms with E-state index in [4.69, 9.17) is 4.74 Å². The number of hydrogen-bond acceptors (Lipinski definition) is 3. The average molecular weight is 395 g/mol. The number of ether oxygens (including phenoxy) is 1. The number of hydrogen-bond donors (Lipinski definition) is 0. The normalized spacial score (nSPS) is 15.1. The Morgan fingerprint density at radius 1 is 0.897 bits per heavy atom. The summed E-state index contributed by atoms with van der Waals surface area (Å²) in [6.45, 7) is 4.56. The number of methoxy groups -OCH3 is 1. The summed E-state index contributed by atoms with van der Waals surface area (Å²) in [6.07, 6.45) is 1.72. The molecular weight excluding hydrogens is 364 g/mol. The van der Waals surface area contributed by atoms with Gasteiger partial charge in [-0.05, 0) is 35.6 Å². The maximum Gasteiger partial charge on any atom is 0.223 e. The molecule has 1 fully saturated rings. The van der Waals surface area contributed by atoms with Crippen molar-refractivity contribution in [1.82, 2.24) is 9.80 Å². The number of carbonyl (C=O) groups is 2. The molecule has 0 aromatic heterocycles. The molecule has 0 aliphatic carbocycles. The van der Waals surface area contributed by atoms with Crippen LogP contribution in [0.5, 0.6) is 5.75 Å². The molecule has 0 radical (unpaired) electrons. The van der Waals surface area contributed by atoms with Gasteiger partial charge in [-0.1, -0.05) is 49.4 Å². The number of rotatable bonds is 7. The van der Waals surface area contributed by atoms with Gasteiger partial charge >= 0.3 is 0 Å². The van der Waals surface area contributed by atoms with Crippen LogP contribution in [-0.2, 0) is 16.0 Å². The average Bonchev–Trinajstić information content (AvgIpc) is 2.78. The van der Waals surface area contributed by atoms with Crippen LogP contribution in [-0.4, -0.2) is 54.9 Å². The molecule has 3 rings (SSSR count). The van der Waals surface area contributed by atoms with E-state index in [9.17, 15) is 9.59 Å². The third kappa shape index (κ3) is 5.83. The Morgan fingerprint density at radius 2 is 1.48 bits per heavy atom. The summed E-state index contributed by atoms with van der Waals surface area (Å²) in [7, 11) is 1.64. The zero-order valence-electron chi connectivity index (χ0n) is 17.3. The molecular formula is C24H30N2O3. The van der Waals surface area contributed by atoms with Gasteiger partial charge in [-0.25, -0.2) is 0 Å². The highest BCUT2D eigenvalue weighted by Crippen LogP contribution is 2.20. The SMILES string of the molecule is COc1ccc(CCC(=O)N2CCN(C(=O)CC(C)c3ccccc3)CC2)cc1. The fraction of sp³-hybridized carbons (Fsp3) is 0.417. The molecule has 5 heteroatoms. The van der Waals surface area contributed by atoms with Crippen molar-refractivity contribution < 1.29 is 14.3 Å². The topological polar surface area (TPSA) is 49.9 Å². The van der Waals surface area contributed by atoms with Crippen molar-refractivity contribution in [1.29, 1.82) is 0 Å². The smallest absolute Gasteiger partial charge is 0.223 e. The first-order chi connectivity index (χ1) is 14.1. The summed E-state index contributed by atoms with van der Waals surface area (Å²) in [4.78, 5) is 28.9. The standard InChI is InChI=1S/C24H30N2O3/c1-19(21-6-4-3-5-7-21)18-24(28)26-16-14-25(15-17-26)23(27)13-10-20-8-11-22(29-2)12-9-20/h3-9,11-12,19H,10,13-18H2,1-2H3. The van der Waals surface area contributed by atoms with Crippen LogP contribution in [0.4, 0.5) is 0 Å². The van der Waals surface area contributed by atoms with Crippen LogP contribution >= 0.6 is 0 Å². The Morgan fingerprint density at radius 3 is 2.07 bits per heavy atom. The summed E-state index contributed by atoms with van der Waals surface area (Å²) < 4.78 is 5.16. The first-order valence-corrected chi connectivity index (χ1v) is 10.3. The third-order valence-corrected chi connectivity index (χ3v) is 5.62. The number of amides is 2. The van der Waals surface area contributed by atoms with Crippen molar-refractivity contribution in [3.8, 4) is 5.75 Å². The fourth-order valence-corrected chi connectivity index (χ4v) is 3.70. The van der Waals surface area contributed by atoms with E-state index >= 15 is 0 Å². The lowest BCUT2D eigenvalue weighted by Crippen LogP contribution is -2.50. The van der Waals surface area contributed by atoms with E-state index in [-0.39, 0.29) is 17.7 Å². The van der Waals surface area contributed by atoms with E-state index in [1.165, 1.54) is 5.56 Å². The summed E-state index contributed by atoms with van der Waals surface area (Å²) in [5.41, 5.74) is 2.32. The molecule has 1 aliphatic rings. The Labute approximate surface area is 173 Å². The maximum atomic E-state index is 12.6. The fourth-order valence-electron chi connectivity index (χ4n) is 3.70. The van der Waals surface area contributed by atoms with Crippen molar-refractivity contribution in [3.63, 3.8) is 0 Å². The largest absolute Gasteiger partial charge is 0.497 e. The van der Waals surface area contributed by atoms with Crippen molar-refractivity contribution in [3.05, 3.63) is 65.7 Å². The van der Waals surface area contributed by atoms with E-state index in [0.717, 1.165) is 17.7 Å².